The monoisotopic (exact) mass is 387 g/mol. The summed E-state index contributed by atoms with van der Waals surface area (Å²) in [5.74, 6) is -0.541. The van der Waals surface area contributed by atoms with Gasteiger partial charge in [-0.2, -0.15) is 0 Å². The van der Waals surface area contributed by atoms with Crippen molar-refractivity contribution >= 4 is 56.2 Å². The van der Waals surface area contributed by atoms with Crippen molar-refractivity contribution in [1.29, 1.82) is 0 Å². The molecule has 1 unspecified atom stereocenters. The number of rotatable bonds is 2. The SMILES string of the molecule is O=C1N=CC(N=Cc2cc(Br)cc(Br)c2O)C(=O)N1. The van der Waals surface area contributed by atoms with Gasteiger partial charge in [0, 0.05) is 22.5 Å². The first-order chi connectivity index (χ1) is 8.97. The van der Waals surface area contributed by atoms with Crippen LogP contribution >= 0.6 is 31.9 Å². The van der Waals surface area contributed by atoms with E-state index in [0.29, 0.717) is 10.0 Å². The number of nitrogens with zero attached hydrogens (tertiary/aromatic N) is 2. The standard InChI is InChI=1S/C11H7Br2N3O3/c12-6-1-5(9(17)7(13)2-6)3-14-8-4-15-11(19)16-10(8)18/h1-4,8,17H,(H,16,18,19). The van der Waals surface area contributed by atoms with Gasteiger partial charge in [0.15, 0.2) is 6.04 Å². The Balaban J connectivity index is 2.26. The molecule has 19 heavy (non-hydrogen) atoms. The van der Waals surface area contributed by atoms with E-state index in [4.69, 9.17) is 0 Å². The van der Waals surface area contributed by atoms with Gasteiger partial charge >= 0.3 is 6.03 Å². The number of halogens is 2. The van der Waals surface area contributed by atoms with Crippen molar-refractivity contribution in [3.63, 3.8) is 0 Å². The second-order valence-electron chi connectivity index (χ2n) is 3.62. The van der Waals surface area contributed by atoms with E-state index < -0.39 is 18.0 Å². The fraction of sp³-hybridized carbons (Fsp3) is 0.0909. The Labute approximate surface area is 124 Å². The lowest BCUT2D eigenvalue weighted by Crippen LogP contribution is -2.41. The second-order valence-corrected chi connectivity index (χ2v) is 5.39. The van der Waals surface area contributed by atoms with Gasteiger partial charge in [0.1, 0.15) is 5.75 Å². The van der Waals surface area contributed by atoms with E-state index in [1.165, 1.54) is 6.21 Å². The molecule has 0 aliphatic carbocycles. The molecule has 2 rings (SSSR count). The maximum Gasteiger partial charge on any atom is 0.347 e. The lowest BCUT2D eigenvalue weighted by atomic mass is 10.2. The van der Waals surface area contributed by atoms with E-state index >= 15 is 0 Å². The Hall–Kier alpha value is -1.54. The number of urea groups is 1. The van der Waals surface area contributed by atoms with Crippen LogP contribution in [0.15, 0.2) is 31.1 Å². The molecule has 0 saturated heterocycles. The molecule has 2 N–H and O–H groups in total. The smallest absolute Gasteiger partial charge is 0.347 e. The van der Waals surface area contributed by atoms with E-state index in [2.05, 4.69) is 41.8 Å². The number of carbonyl (C=O) groups excluding carboxylic acids is 2. The Morgan fingerprint density at radius 1 is 1.37 bits per heavy atom. The van der Waals surface area contributed by atoms with E-state index in [1.807, 2.05) is 5.32 Å². The topological polar surface area (TPSA) is 91.1 Å². The minimum atomic E-state index is -0.880. The van der Waals surface area contributed by atoms with Crippen LogP contribution in [0.2, 0.25) is 0 Å². The normalized spacial score (nSPS) is 18.9. The third kappa shape index (κ3) is 3.27. The van der Waals surface area contributed by atoms with Gasteiger partial charge in [-0.05, 0) is 28.1 Å². The maximum atomic E-state index is 11.4. The van der Waals surface area contributed by atoms with Crippen LogP contribution in [0.4, 0.5) is 4.79 Å². The summed E-state index contributed by atoms with van der Waals surface area (Å²) in [6, 6.07) is 1.74. The molecule has 8 heteroatoms. The van der Waals surface area contributed by atoms with E-state index in [9.17, 15) is 14.7 Å². The first kappa shape index (κ1) is 13.9. The quantitative estimate of drug-likeness (QED) is 0.759. The van der Waals surface area contributed by atoms with Gasteiger partial charge in [-0.3, -0.25) is 15.1 Å². The number of imide groups is 1. The lowest BCUT2D eigenvalue weighted by Gasteiger charge is -2.10. The Morgan fingerprint density at radius 3 is 2.79 bits per heavy atom. The molecule has 0 saturated carbocycles. The summed E-state index contributed by atoms with van der Waals surface area (Å²) in [4.78, 5) is 29.6. The van der Waals surface area contributed by atoms with Crippen molar-refractivity contribution in [2.45, 2.75) is 6.04 Å². The number of phenols is 1. The molecule has 1 aliphatic heterocycles. The highest BCUT2D eigenvalue weighted by atomic mass is 79.9. The minimum Gasteiger partial charge on any atom is -0.506 e. The maximum absolute atomic E-state index is 11.4. The summed E-state index contributed by atoms with van der Waals surface area (Å²) in [7, 11) is 0. The molecule has 0 aromatic heterocycles. The molecule has 1 aromatic carbocycles. The number of phenolic OH excluding ortho intramolecular Hbond substituents is 1. The Morgan fingerprint density at radius 2 is 2.11 bits per heavy atom. The van der Waals surface area contributed by atoms with Crippen LogP contribution in [0, 0.1) is 0 Å². The molecular formula is C11H7Br2N3O3. The molecule has 98 valence electrons. The number of aliphatic imine (C=N–C) groups is 2. The Kier molecular flexibility index (Phi) is 4.11. The first-order valence-electron chi connectivity index (χ1n) is 5.07. The molecule has 1 aromatic rings. The molecular weight excluding hydrogens is 382 g/mol. The summed E-state index contributed by atoms with van der Waals surface area (Å²) < 4.78 is 1.25. The zero-order valence-electron chi connectivity index (χ0n) is 9.30. The van der Waals surface area contributed by atoms with Crippen LogP contribution in [0.5, 0.6) is 5.75 Å². The van der Waals surface area contributed by atoms with Gasteiger partial charge < -0.3 is 5.11 Å². The number of nitrogens with one attached hydrogen (secondary N) is 1. The summed E-state index contributed by atoms with van der Waals surface area (Å²) in [5.41, 5.74) is 0.430. The highest BCUT2D eigenvalue weighted by Gasteiger charge is 2.21. The van der Waals surface area contributed by atoms with Crippen molar-refractivity contribution in [1.82, 2.24) is 5.32 Å². The number of hydrogen-bond acceptors (Lipinski definition) is 4. The van der Waals surface area contributed by atoms with Crippen LogP contribution in [0.1, 0.15) is 5.56 Å². The molecule has 0 spiro atoms. The van der Waals surface area contributed by atoms with Crippen molar-refractivity contribution < 1.29 is 14.7 Å². The van der Waals surface area contributed by atoms with E-state index in [-0.39, 0.29) is 5.75 Å². The minimum absolute atomic E-state index is 0.0104. The molecule has 0 fully saturated rings. The average molecular weight is 389 g/mol. The summed E-state index contributed by atoms with van der Waals surface area (Å²) >= 11 is 6.47. The number of amides is 3. The summed E-state index contributed by atoms with van der Waals surface area (Å²) in [6.07, 6.45) is 2.50. The van der Waals surface area contributed by atoms with Gasteiger partial charge in [-0.1, -0.05) is 15.9 Å². The fourth-order valence-corrected chi connectivity index (χ4v) is 2.63. The highest BCUT2D eigenvalue weighted by Crippen LogP contribution is 2.30. The largest absolute Gasteiger partial charge is 0.506 e. The molecule has 3 amide bonds. The number of hydrogen-bond donors (Lipinski definition) is 2. The Bertz CT molecular complexity index is 613. The molecule has 0 radical (unpaired) electrons. The van der Waals surface area contributed by atoms with Crippen molar-refractivity contribution in [2.24, 2.45) is 9.98 Å². The molecule has 1 heterocycles. The summed E-state index contributed by atoms with van der Waals surface area (Å²) in [5, 5.41) is 11.8. The van der Waals surface area contributed by atoms with Crippen LogP contribution in [0.3, 0.4) is 0 Å². The molecule has 1 aliphatic rings. The zero-order chi connectivity index (χ0) is 14.0. The van der Waals surface area contributed by atoms with E-state index in [0.717, 1.165) is 10.7 Å². The predicted molar refractivity (Wildman–Crippen MR) is 76.9 cm³/mol. The number of aromatic hydroxyl groups is 1. The van der Waals surface area contributed by atoms with E-state index in [1.54, 1.807) is 12.1 Å². The first-order valence-corrected chi connectivity index (χ1v) is 6.66. The van der Waals surface area contributed by atoms with Gasteiger partial charge in [0.25, 0.3) is 5.91 Å². The average Bonchev–Trinajstić information content (AvgIpc) is 2.33. The third-order valence-electron chi connectivity index (χ3n) is 2.26. The zero-order valence-corrected chi connectivity index (χ0v) is 12.5. The molecule has 6 nitrogen and oxygen atoms in total. The van der Waals surface area contributed by atoms with Crippen LogP contribution in [-0.4, -0.2) is 35.5 Å². The number of carbonyl (C=O) groups is 2. The van der Waals surface area contributed by atoms with Crippen molar-refractivity contribution in [3.8, 4) is 5.75 Å². The van der Waals surface area contributed by atoms with Crippen LogP contribution in [-0.2, 0) is 4.79 Å². The fourth-order valence-electron chi connectivity index (χ4n) is 1.37. The van der Waals surface area contributed by atoms with Crippen LogP contribution in [0.25, 0.3) is 0 Å². The number of benzene rings is 1. The summed E-state index contributed by atoms with van der Waals surface area (Å²) in [6.45, 7) is 0. The van der Waals surface area contributed by atoms with Crippen LogP contribution < -0.4 is 5.32 Å². The van der Waals surface area contributed by atoms with Gasteiger partial charge in [-0.15, -0.1) is 0 Å². The molecule has 0 bridgehead atoms. The lowest BCUT2D eigenvalue weighted by molar-refractivity contribution is -0.119. The third-order valence-corrected chi connectivity index (χ3v) is 3.33. The second kappa shape index (κ2) is 5.62. The van der Waals surface area contributed by atoms with Gasteiger partial charge in [-0.25, -0.2) is 9.79 Å². The van der Waals surface area contributed by atoms with Crippen molar-refractivity contribution in [3.05, 3.63) is 26.6 Å². The van der Waals surface area contributed by atoms with Gasteiger partial charge in [0.05, 0.1) is 4.47 Å². The van der Waals surface area contributed by atoms with Gasteiger partial charge in [0.2, 0.25) is 0 Å². The highest BCUT2D eigenvalue weighted by molar-refractivity contribution is 9.11. The molecule has 1 atom stereocenters. The van der Waals surface area contributed by atoms with Crippen molar-refractivity contribution in [2.75, 3.05) is 0 Å². The predicted octanol–water partition coefficient (Wildman–Crippen LogP) is 2.03.